The van der Waals surface area contributed by atoms with Gasteiger partial charge in [0.2, 0.25) is 0 Å². The number of nitrogens with one attached hydrogen (secondary N) is 1. The van der Waals surface area contributed by atoms with Gasteiger partial charge in [-0.2, -0.15) is 5.10 Å². The average Bonchev–Trinajstić information content (AvgIpc) is 3.01. The first-order chi connectivity index (χ1) is 9.70. The normalized spacial score (nSPS) is 11.4. The summed E-state index contributed by atoms with van der Waals surface area (Å²) in [5.41, 5.74) is 0. The van der Waals surface area contributed by atoms with Crippen LogP contribution >= 0.6 is 0 Å². The molecule has 0 radical (unpaired) electrons. The van der Waals surface area contributed by atoms with Gasteiger partial charge in [0.25, 0.3) is 0 Å². The lowest BCUT2D eigenvalue weighted by Gasteiger charge is -2.10. The van der Waals surface area contributed by atoms with Crippen LogP contribution in [0, 0.1) is 5.92 Å². The smallest absolute Gasteiger partial charge is 0.146 e. The molecule has 0 aromatic carbocycles. The molecule has 0 atom stereocenters. The highest BCUT2D eigenvalue weighted by Crippen LogP contribution is 2.04. The Morgan fingerprint density at radius 2 is 2.10 bits per heavy atom. The van der Waals surface area contributed by atoms with Gasteiger partial charge in [0.05, 0.1) is 13.1 Å². The average molecular weight is 276 g/mol. The van der Waals surface area contributed by atoms with Gasteiger partial charge in [-0.3, -0.25) is 0 Å². The zero-order valence-corrected chi connectivity index (χ0v) is 12.6. The number of nitrogens with zero attached hydrogens (tertiary/aromatic N) is 5. The minimum Gasteiger partial charge on any atom is -0.326 e. The third-order valence-corrected chi connectivity index (χ3v) is 3.08. The number of hydrogen-bond acceptors (Lipinski definition) is 4. The fraction of sp³-hybridized carbons (Fsp3) is 0.643. The van der Waals surface area contributed by atoms with Gasteiger partial charge in [0.1, 0.15) is 18.0 Å². The Morgan fingerprint density at radius 1 is 1.25 bits per heavy atom. The Kier molecular flexibility index (Phi) is 5.29. The maximum Gasteiger partial charge on any atom is 0.146 e. The van der Waals surface area contributed by atoms with E-state index in [0.29, 0.717) is 5.92 Å². The summed E-state index contributed by atoms with van der Waals surface area (Å²) in [6.45, 7) is 9.96. The molecule has 0 bridgehead atoms. The predicted molar refractivity (Wildman–Crippen MR) is 78.2 cm³/mol. The third-order valence-electron chi connectivity index (χ3n) is 3.08. The number of aromatic nitrogens is 5. The van der Waals surface area contributed by atoms with E-state index in [-0.39, 0.29) is 0 Å². The van der Waals surface area contributed by atoms with Gasteiger partial charge in [-0.15, -0.1) is 0 Å². The molecule has 6 nitrogen and oxygen atoms in total. The Bertz CT molecular complexity index is 513. The molecule has 0 unspecified atom stereocenters. The zero-order valence-electron chi connectivity index (χ0n) is 12.6. The van der Waals surface area contributed by atoms with Crippen LogP contribution in [0.25, 0.3) is 0 Å². The van der Waals surface area contributed by atoms with Gasteiger partial charge in [-0.05, 0) is 18.9 Å². The maximum absolute atomic E-state index is 4.41. The summed E-state index contributed by atoms with van der Waals surface area (Å²) in [6.07, 6.45) is 6.52. The maximum atomic E-state index is 4.41. The summed E-state index contributed by atoms with van der Waals surface area (Å²) in [5, 5.41) is 7.68. The lowest BCUT2D eigenvalue weighted by atomic mass is 10.2. The van der Waals surface area contributed by atoms with E-state index in [0.717, 1.165) is 44.2 Å². The van der Waals surface area contributed by atoms with E-state index in [2.05, 4.69) is 45.7 Å². The first-order valence-electron chi connectivity index (χ1n) is 7.28. The van der Waals surface area contributed by atoms with E-state index in [4.69, 9.17) is 0 Å². The number of rotatable bonds is 8. The van der Waals surface area contributed by atoms with Crippen molar-refractivity contribution < 1.29 is 0 Å². The van der Waals surface area contributed by atoms with Crippen molar-refractivity contribution in [1.29, 1.82) is 0 Å². The largest absolute Gasteiger partial charge is 0.326 e. The highest BCUT2D eigenvalue weighted by molar-refractivity contribution is 4.97. The van der Waals surface area contributed by atoms with E-state index >= 15 is 0 Å². The standard InChI is InChI=1S/C14H24N6/c1-4-6-20-14(17-11-18-20)10-19-7-5-16-13(19)9-15-8-12(2)3/h5,7,11-12,15H,4,6,8-10H2,1-3H3. The molecule has 2 aromatic rings. The van der Waals surface area contributed by atoms with E-state index in [9.17, 15) is 0 Å². The van der Waals surface area contributed by atoms with Crippen LogP contribution in [-0.2, 0) is 19.6 Å². The fourth-order valence-corrected chi connectivity index (χ4v) is 2.09. The van der Waals surface area contributed by atoms with Crippen LogP contribution < -0.4 is 5.32 Å². The fourth-order valence-electron chi connectivity index (χ4n) is 2.09. The molecule has 0 aliphatic rings. The molecule has 110 valence electrons. The summed E-state index contributed by atoms with van der Waals surface area (Å²) in [5.74, 6) is 2.66. The second-order valence-corrected chi connectivity index (χ2v) is 5.40. The number of imidazole rings is 1. The third kappa shape index (κ3) is 3.90. The summed E-state index contributed by atoms with van der Waals surface area (Å²) in [6, 6.07) is 0. The van der Waals surface area contributed by atoms with Gasteiger partial charge in [0, 0.05) is 18.9 Å². The minimum absolute atomic E-state index is 0.645. The first kappa shape index (κ1) is 14.7. The number of aryl methyl sites for hydroxylation is 1. The molecule has 2 aromatic heterocycles. The molecule has 0 aliphatic heterocycles. The molecular formula is C14H24N6. The van der Waals surface area contributed by atoms with Crippen molar-refractivity contribution in [2.24, 2.45) is 5.92 Å². The van der Waals surface area contributed by atoms with Crippen LogP contribution in [0.5, 0.6) is 0 Å². The van der Waals surface area contributed by atoms with Crippen LogP contribution in [0.3, 0.4) is 0 Å². The van der Waals surface area contributed by atoms with Crippen LogP contribution in [0.15, 0.2) is 18.7 Å². The van der Waals surface area contributed by atoms with Crippen molar-refractivity contribution in [2.75, 3.05) is 6.54 Å². The minimum atomic E-state index is 0.645. The first-order valence-corrected chi connectivity index (χ1v) is 7.28. The Hall–Kier alpha value is -1.69. The monoisotopic (exact) mass is 276 g/mol. The highest BCUT2D eigenvalue weighted by Gasteiger charge is 2.08. The van der Waals surface area contributed by atoms with Crippen LogP contribution in [0.1, 0.15) is 38.8 Å². The van der Waals surface area contributed by atoms with Gasteiger partial charge >= 0.3 is 0 Å². The van der Waals surface area contributed by atoms with E-state index < -0.39 is 0 Å². The van der Waals surface area contributed by atoms with E-state index in [1.165, 1.54) is 0 Å². The molecule has 0 saturated carbocycles. The van der Waals surface area contributed by atoms with E-state index in [1.54, 1.807) is 6.33 Å². The summed E-state index contributed by atoms with van der Waals surface area (Å²) in [4.78, 5) is 8.75. The second kappa shape index (κ2) is 7.19. The van der Waals surface area contributed by atoms with Crippen molar-refractivity contribution in [3.05, 3.63) is 30.4 Å². The Labute approximate surface area is 120 Å². The van der Waals surface area contributed by atoms with Gasteiger partial charge < -0.3 is 9.88 Å². The Morgan fingerprint density at radius 3 is 2.85 bits per heavy atom. The van der Waals surface area contributed by atoms with Crippen LogP contribution in [0.4, 0.5) is 0 Å². The molecule has 0 saturated heterocycles. The van der Waals surface area contributed by atoms with Crippen molar-refractivity contribution in [1.82, 2.24) is 29.6 Å². The van der Waals surface area contributed by atoms with Gasteiger partial charge in [-0.1, -0.05) is 20.8 Å². The molecule has 0 aliphatic carbocycles. The molecule has 2 heterocycles. The predicted octanol–water partition coefficient (Wildman–Crippen LogP) is 1.68. The van der Waals surface area contributed by atoms with Crippen molar-refractivity contribution in [3.8, 4) is 0 Å². The molecule has 2 rings (SSSR count). The summed E-state index contributed by atoms with van der Waals surface area (Å²) >= 11 is 0. The van der Waals surface area contributed by atoms with Crippen LogP contribution in [0.2, 0.25) is 0 Å². The van der Waals surface area contributed by atoms with Gasteiger partial charge in [0.15, 0.2) is 0 Å². The zero-order chi connectivity index (χ0) is 14.4. The van der Waals surface area contributed by atoms with E-state index in [1.807, 2.05) is 17.1 Å². The van der Waals surface area contributed by atoms with Crippen molar-refractivity contribution >= 4 is 0 Å². The number of hydrogen-bond donors (Lipinski definition) is 1. The van der Waals surface area contributed by atoms with Crippen molar-refractivity contribution in [2.45, 2.75) is 46.8 Å². The van der Waals surface area contributed by atoms with Crippen LogP contribution in [-0.4, -0.2) is 30.9 Å². The highest BCUT2D eigenvalue weighted by atomic mass is 15.3. The molecule has 20 heavy (non-hydrogen) atoms. The summed E-state index contributed by atoms with van der Waals surface area (Å²) in [7, 11) is 0. The second-order valence-electron chi connectivity index (χ2n) is 5.40. The van der Waals surface area contributed by atoms with Crippen molar-refractivity contribution in [3.63, 3.8) is 0 Å². The topological polar surface area (TPSA) is 60.6 Å². The van der Waals surface area contributed by atoms with Gasteiger partial charge in [-0.25, -0.2) is 14.6 Å². The SMILES string of the molecule is CCCn1ncnc1Cn1ccnc1CNCC(C)C. The molecule has 0 amide bonds. The molecule has 6 heteroatoms. The molecular weight excluding hydrogens is 252 g/mol. The molecule has 0 spiro atoms. The lowest BCUT2D eigenvalue weighted by molar-refractivity contribution is 0.519. The Balaban J connectivity index is 1.99. The lowest BCUT2D eigenvalue weighted by Crippen LogP contribution is -2.22. The quantitative estimate of drug-likeness (QED) is 0.797. The molecule has 0 fully saturated rings. The summed E-state index contributed by atoms with van der Waals surface area (Å²) < 4.78 is 4.09. The molecule has 1 N–H and O–H groups in total.